The largest absolute Gasteiger partial charge is 0.244 e. The molecule has 16 heavy (non-hydrogen) atoms. The van der Waals surface area contributed by atoms with Crippen molar-refractivity contribution in [1.29, 1.82) is 0 Å². The summed E-state index contributed by atoms with van der Waals surface area (Å²) in [5.41, 5.74) is 2.75. The molecule has 0 fully saturated rings. The molecule has 1 aromatic carbocycles. The van der Waals surface area contributed by atoms with E-state index < -0.39 is 0 Å². The van der Waals surface area contributed by atoms with E-state index in [1.807, 2.05) is 24.3 Å². The molecule has 0 atom stereocenters. The van der Waals surface area contributed by atoms with Crippen LogP contribution in [0.2, 0.25) is 5.02 Å². The van der Waals surface area contributed by atoms with Gasteiger partial charge in [-0.3, -0.25) is 0 Å². The molecule has 0 unspecified atom stereocenters. The van der Waals surface area contributed by atoms with Gasteiger partial charge in [0.2, 0.25) is 0 Å². The smallest absolute Gasteiger partial charge is 0.166 e. The van der Waals surface area contributed by atoms with Crippen LogP contribution >= 0.6 is 11.6 Å². The molecule has 2 heterocycles. The third-order valence-electron chi connectivity index (χ3n) is 2.35. The van der Waals surface area contributed by atoms with Crippen LogP contribution in [-0.4, -0.2) is 19.6 Å². The van der Waals surface area contributed by atoms with E-state index in [1.54, 1.807) is 17.0 Å². The average Bonchev–Trinajstić information content (AvgIpc) is 2.78. The Morgan fingerprint density at radius 2 is 1.94 bits per heavy atom. The number of benzene rings is 1. The molecule has 3 aromatic rings. The van der Waals surface area contributed by atoms with Crippen LogP contribution in [0, 0.1) is 0 Å². The maximum absolute atomic E-state index is 5.85. The van der Waals surface area contributed by atoms with E-state index in [4.69, 9.17) is 11.6 Å². The van der Waals surface area contributed by atoms with Crippen molar-refractivity contribution in [2.45, 2.75) is 0 Å². The van der Waals surface area contributed by atoms with Gasteiger partial charge in [0.1, 0.15) is 12.7 Å². The highest BCUT2D eigenvalue weighted by Crippen LogP contribution is 2.23. The molecule has 2 aromatic heterocycles. The van der Waals surface area contributed by atoms with Crippen molar-refractivity contribution >= 4 is 17.2 Å². The van der Waals surface area contributed by atoms with Crippen molar-refractivity contribution in [2.24, 2.45) is 0 Å². The Kier molecular flexibility index (Phi) is 2.08. The number of nitrogens with zero attached hydrogens (tertiary/aromatic N) is 4. The molecule has 0 spiro atoms. The molecule has 0 radical (unpaired) electrons. The predicted molar refractivity (Wildman–Crippen MR) is 61.2 cm³/mol. The minimum atomic E-state index is 0.713. The van der Waals surface area contributed by atoms with E-state index in [2.05, 4.69) is 15.1 Å². The molecule has 3 rings (SSSR count). The second kappa shape index (κ2) is 3.57. The van der Waals surface area contributed by atoms with Gasteiger partial charge in [-0.05, 0) is 17.7 Å². The molecule has 0 saturated heterocycles. The van der Waals surface area contributed by atoms with Gasteiger partial charge < -0.3 is 0 Å². The van der Waals surface area contributed by atoms with Gasteiger partial charge in [0.05, 0.1) is 0 Å². The van der Waals surface area contributed by atoms with Gasteiger partial charge in [0, 0.05) is 16.8 Å². The molecule has 0 aliphatic carbocycles. The molecule has 0 bridgehead atoms. The zero-order valence-electron chi connectivity index (χ0n) is 8.21. The predicted octanol–water partition coefficient (Wildman–Crippen LogP) is 2.44. The molecule has 4 nitrogen and oxygen atoms in total. The Balaban J connectivity index is 2.25. The first-order chi connectivity index (χ1) is 7.84. The van der Waals surface area contributed by atoms with Crippen molar-refractivity contribution in [2.75, 3.05) is 0 Å². The normalized spacial score (nSPS) is 10.8. The summed E-state index contributed by atoms with van der Waals surface area (Å²) in [5.74, 6) is 0. The van der Waals surface area contributed by atoms with Crippen molar-refractivity contribution in [1.82, 2.24) is 19.6 Å². The topological polar surface area (TPSA) is 43.1 Å². The van der Waals surface area contributed by atoms with Gasteiger partial charge in [-0.2, -0.15) is 5.10 Å². The first-order valence-electron chi connectivity index (χ1n) is 4.74. The highest BCUT2D eigenvalue weighted by molar-refractivity contribution is 6.30. The molecule has 5 heteroatoms. The number of fused-ring (bicyclic) bond motifs is 1. The molecule has 78 valence electrons. The van der Waals surface area contributed by atoms with Crippen molar-refractivity contribution < 1.29 is 0 Å². The Morgan fingerprint density at radius 3 is 2.75 bits per heavy atom. The molecule has 0 aliphatic heterocycles. The second-order valence-electron chi connectivity index (χ2n) is 3.34. The third kappa shape index (κ3) is 1.44. The molecule has 0 amide bonds. The zero-order chi connectivity index (χ0) is 11.0. The fourth-order valence-electron chi connectivity index (χ4n) is 1.59. The summed E-state index contributed by atoms with van der Waals surface area (Å²) in [6.45, 7) is 0. The lowest BCUT2D eigenvalue weighted by molar-refractivity contribution is 0.923. The number of rotatable bonds is 1. The molecular weight excluding hydrogens is 224 g/mol. The van der Waals surface area contributed by atoms with Crippen molar-refractivity contribution in [3.8, 4) is 11.1 Å². The molecule has 0 N–H and O–H groups in total. The van der Waals surface area contributed by atoms with E-state index in [0.717, 1.165) is 16.8 Å². The van der Waals surface area contributed by atoms with Gasteiger partial charge in [0.25, 0.3) is 0 Å². The Morgan fingerprint density at radius 1 is 1.12 bits per heavy atom. The Labute approximate surface area is 96.5 Å². The van der Waals surface area contributed by atoms with Crippen LogP contribution in [0.4, 0.5) is 0 Å². The zero-order valence-corrected chi connectivity index (χ0v) is 8.96. The molecule has 0 aliphatic rings. The lowest BCUT2D eigenvalue weighted by Crippen LogP contribution is -1.91. The van der Waals surface area contributed by atoms with Gasteiger partial charge in [0.15, 0.2) is 5.65 Å². The molecular formula is C11H7ClN4. The van der Waals surface area contributed by atoms with E-state index in [-0.39, 0.29) is 0 Å². The summed E-state index contributed by atoms with van der Waals surface area (Å²) in [7, 11) is 0. The highest BCUT2D eigenvalue weighted by Gasteiger charge is 2.05. The minimum absolute atomic E-state index is 0.713. The number of hydrogen-bond donors (Lipinski definition) is 0. The van der Waals surface area contributed by atoms with Gasteiger partial charge in [-0.25, -0.2) is 14.5 Å². The third-order valence-corrected chi connectivity index (χ3v) is 2.60. The first-order valence-corrected chi connectivity index (χ1v) is 5.12. The first kappa shape index (κ1) is 9.30. The summed E-state index contributed by atoms with van der Waals surface area (Å²) >= 11 is 5.85. The maximum Gasteiger partial charge on any atom is 0.166 e. The van der Waals surface area contributed by atoms with E-state index in [0.29, 0.717) is 5.02 Å². The quantitative estimate of drug-likeness (QED) is 0.645. The lowest BCUT2D eigenvalue weighted by Gasteiger charge is -2.02. The van der Waals surface area contributed by atoms with Gasteiger partial charge in [-0.15, -0.1) is 0 Å². The lowest BCUT2D eigenvalue weighted by atomic mass is 10.1. The SMILES string of the molecule is Clc1ccc(-c2cncn3ncnc23)cc1. The van der Waals surface area contributed by atoms with Crippen LogP contribution in [0.3, 0.4) is 0 Å². The summed E-state index contributed by atoms with van der Waals surface area (Å²) < 4.78 is 1.64. The van der Waals surface area contributed by atoms with E-state index >= 15 is 0 Å². The fraction of sp³-hybridized carbons (Fsp3) is 0. The van der Waals surface area contributed by atoms with Gasteiger partial charge >= 0.3 is 0 Å². The van der Waals surface area contributed by atoms with Crippen LogP contribution in [0.15, 0.2) is 43.1 Å². The van der Waals surface area contributed by atoms with Crippen LogP contribution in [-0.2, 0) is 0 Å². The van der Waals surface area contributed by atoms with Gasteiger partial charge in [-0.1, -0.05) is 23.7 Å². The van der Waals surface area contributed by atoms with Crippen LogP contribution in [0.5, 0.6) is 0 Å². The molecule has 0 saturated carbocycles. The highest BCUT2D eigenvalue weighted by atomic mass is 35.5. The standard InChI is InChI=1S/C11H7ClN4/c12-9-3-1-8(2-4-9)10-5-13-7-16-11(10)14-6-15-16/h1-7H. The summed E-state index contributed by atoms with van der Waals surface area (Å²) in [4.78, 5) is 8.31. The monoisotopic (exact) mass is 230 g/mol. The van der Waals surface area contributed by atoms with E-state index in [9.17, 15) is 0 Å². The minimum Gasteiger partial charge on any atom is -0.244 e. The maximum atomic E-state index is 5.85. The summed E-state index contributed by atoms with van der Waals surface area (Å²) in [5, 5.41) is 4.75. The number of hydrogen-bond acceptors (Lipinski definition) is 3. The van der Waals surface area contributed by atoms with Crippen LogP contribution in [0.1, 0.15) is 0 Å². The summed E-state index contributed by atoms with van der Waals surface area (Å²) in [6, 6.07) is 7.57. The average molecular weight is 231 g/mol. The number of aromatic nitrogens is 4. The van der Waals surface area contributed by atoms with E-state index in [1.165, 1.54) is 6.33 Å². The van der Waals surface area contributed by atoms with Crippen LogP contribution < -0.4 is 0 Å². The Bertz CT molecular complexity index is 630. The van der Waals surface area contributed by atoms with Crippen molar-refractivity contribution in [3.63, 3.8) is 0 Å². The fourth-order valence-corrected chi connectivity index (χ4v) is 1.72. The van der Waals surface area contributed by atoms with Crippen molar-refractivity contribution in [3.05, 3.63) is 48.1 Å². The Hall–Kier alpha value is -1.94. The number of halogens is 1. The summed E-state index contributed by atoms with van der Waals surface area (Å²) in [6.07, 6.45) is 4.91. The van der Waals surface area contributed by atoms with Crippen LogP contribution in [0.25, 0.3) is 16.8 Å². The second-order valence-corrected chi connectivity index (χ2v) is 3.78.